The Bertz CT molecular complexity index is 1560. The fourth-order valence-corrected chi connectivity index (χ4v) is 6.27. The van der Waals surface area contributed by atoms with Gasteiger partial charge in [0, 0.05) is 45.1 Å². The van der Waals surface area contributed by atoms with Crippen LogP contribution in [0.15, 0.2) is 65.3 Å². The Morgan fingerprint density at radius 1 is 1.05 bits per heavy atom. The van der Waals surface area contributed by atoms with Crippen LogP contribution in [-0.2, 0) is 11.3 Å². The van der Waals surface area contributed by atoms with Crippen LogP contribution in [0.2, 0.25) is 0 Å². The van der Waals surface area contributed by atoms with Crippen LogP contribution in [0.3, 0.4) is 0 Å². The molecule has 43 heavy (non-hydrogen) atoms. The number of benzene rings is 2. The third kappa shape index (κ3) is 6.92. The number of carbonyl (C=O) groups excluding carboxylic acids is 2. The maximum absolute atomic E-state index is 14.4. The van der Waals surface area contributed by atoms with Gasteiger partial charge in [-0.2, -0.15) is 0 Å². The van der Waals surface area contributed by atoms with Gasteiger partial charge in [-0.1, -0.05) is 12.1 Å². The summed E-state index contributed by atoms with van der Waals surface area (Å²) in [5.74, 6) is 0.514. The van der Waals surface area contributed by atoms with Crippen molar-refractivity contribution in [1.82, 2.24) is 20.1 Å². The topological polar surface area (TPSA) is 84.0 Å². The zero-order valence-electron chi connectivity index (χ0n) is 24.8. The molecule has 0 saturated carbocycles. The normalized spacial score (nSPS) is 15.9. The van der Waals surface area contributed by atoms with Crippen LogP contribution in [-0.4, -0.2) is 73.4 Å². The summed E-state index contributed by atoms with van der Waals surface area (Å²) >= 11 is 1.10. The fraction of sp³-hybridized carbons (Fsp3) is 0.303. The van der Waals surface area contributed by atoms with Crippen molar-refractivity contribution in [2.75, 3.05) is 47.4 Å². The Balaban J connectivity index is 1.43. The van der Waals surface area contributed by atoms with Gasteiger partial charge in [0.2, 0.25) is 5.91 Å². The van der Waals surface area contributed by atoms with E-state index >= 15 is 0 Å². The van der Waals surface area contributed by atoms with E-state index < -0.39 is 0 Å². The molecule has 1 aliphatic carbocycles. The Morgan fingerprint density at radius 3 is 2.42 bits per heavy atom. The summed E-state index contributed by atoms with van der Waals surface area (Å²) in [7, 11) is 5.18. The highest BCUT2D eigenvalue weighted by Crippen LogP contribution is 2.46. The maximum atomic E-state index is 14.4. The third-order valence-corrected chi connectivity index (χ3v) is 8.79. The number of ether oxygens (including phenoxy) is 2. The molecule has 2 heterocycles. The average Bonchev–Trinajstić information content (AvgIpc) is 3.26. The van der Waals surface area contributed by atoms with Crippen molar-refractivity contribution in [1.29, 1.82) is 0 Å². The molecule has 5 rings (SSSR count). The van der Waals surface area contributed by atoms with Gasteiger partial charge < -0.3 is 24.6 Å². The molecule has 0 unspecified atom stereocenters. The Morgan fingerprint density at radius 2 is 1.77 bits per heavy atom. The minimum atomic E-state index is -0.365. The molecular weight excluding hydrogens is 567 g/mol. The number of hydrogen-bond donors (Lipinski definition) is 1. The van der Waals surface area contributed by atoms with E-state index in [1.165, 1.54) is 12.1 Å². The number of likely N-dealkylation sites (N-methyl/N-ethyl adjacent to an activating group) is 1. The van der Waals surface area contributed by atoms with E-state index in [0.717, 1.165) is 58.3 Å². The van der Waals surface area contributed by atoms with E-state index in [2.05, 4.69) is 15.2 Å². The number of nitrogens with one attached hydrogen (secondary N) is 1. The van der Waals surface area contributed by atoms with E-state index in [4.69, 9.17) is 9.47 Å². The molecule has 1 saturated heterocycles. The summed E-state index contributed by atoms with van der Waals surface area (Å²) in [5.41, 5.74) is 5.77. The van der Waals surface area contributed by atoms with Crippen molar-refractivity contribution in [3.8, 4) is 11.5 Å². The van der Waals surface area contributed by atoms with Gasteiger partial charge in [0.15, 0.2) is 0 Å². The van der Waals surface area contributed by atoms with Crippen LogP contribution >= 0.6 is 11.8 Å². The van der Waals surface area contributed by atoms with Gasteiger partial charge in [-0.25, -0.2) is 4.39 Å². The quantitative estimate of drug-likeness (QED) is 0.330. The molecule has 1 fully saturated rings. The minimum Gasteiger partial charge on any atom is -0.495 e. The van der Waals surface area contributed by atoms with E-state index in [1.807, 2.05) is 49.2 Å². The second kappa shape index (κ2) is 13.4. The Kier molecular flexibility index (Phi) is 9.47. The standard InChI is InChI=1S/C33H35FN4O4S/c1-21-26(25-8-7-24(34)17-28(25)27(21)18-31(39)36-20-22-6-5-9-35-19-22)14-23-15-29(41-3)32(30(16-23)42-4)43-33(40)38-12-10-37(2)11-13-38/h5-9,14-17,19H,10-13,18,20H2,1-4H3,(H,36,39). The van der Waals surface area contributed by atoms with Crippen molar-refractivity contribution in [3.05, 3.63) is 88.5 Å². The predicted octanol–water partition coefficient (Wildman–Crippen LogP) is 5.73. The lowest BCUT2D eigenvalue weighted by Gasteiger charge is -2.32. The number of thioether (sulfide) groups is 1. The first-order valence-electron chi connectivity index (χ1n) is 14.1. The smallest absolute Gasteiger partial charge is 0.286 e. The molecule has 1 aliphatic heterocycles. The number of rotatable bonds is 8. The predicted molar refractivity (Wildman–Crippen MR) is 167 cm³/mol. The zero-order valence-corrected chi connectivity index (χ0v) is 25.6. The van der Waals surface area contributed by atoms with Crippen LogP contribution in [0.5, 0.6) is 11.5 Å². The van der Waals surface area contributed by atoms with Crippen molar-refractivity contribution in [2.24, 2.45) is 0 Å². The summed E-state index contributed by atoms with van der Waals surface area (Å²) in [6.45, 7) is 5.32. The largest absolute Gasteiger partial charge is 0.495 e. The number of amides is 2. The molecule has 2 amide bonds. The van der Waals surface area contributed by atoms with E-state index in [0.29, 0.717) is 41.6 Å². The number of nitrogens with zero attached hydrogens (tertiary/aromatic N) is 3. The van der Waals surface area contributed by atoms with E-state index in [1.54, 1.807) is 32.7 Å². The number of carbonyl (C=O) groups is 2. The van der Waals surface area contributed by atoms with Gasteiger partial charge in [0.1, 0.15) is 22.2 Å². The first-order chi connectivity index (χ1) is 20.8. The summed E-state index contributed by atoms with van der Waals surface area (Å²) in [6, 6.07) is 12.1. The summed E-state index contributed by atoms with van der Waals surface area (Å²) in [4.78, 5) is 34.8. The fourth-order valence-electron chi connectivity index (χ4n) is 5.30. The summed E-state index contributed by atoms with van der Waals surface area (Å²) in [5, 5.41) is 2.89. The second-order valence-corrected chi connectivity index (χ2v) is 11.5. The van der Waals surface area contributed by atoms with Crippen LogP contribution < -0.4 is 14.8 Å². The van der Waals surface area contributed by atoms with Crippen LogP contribution in [0.1, 0.15) is 35.6 Å². The number of halogens is 1. The number of piperazine rings is 1. The summed E-state index contributed by atoms with van der Waals surface area (Å²) in [6.07, 6.45) is 5.48. The lowest BCUT2D eigenvalue weighted by atomic mass is 10.0. The molecule has 0 bridgehead atoms. The zero-order chi connectivity index (χ0) is 30.5. The Labute approximate surface area is 255 Å². The van der Waals surface area contributed by atoms with Crippen LogP contribution in [0, 0.1) is 5.82 Å². The highest BCUT2D eigenvalue weighted by atomic mass is 32.2. The van der Waals surface area contributed by atoms with Gasteiger partial charge in [0.05, 0.1) is 20.6 Å². The van der Waals surface area contributed by atoms with Gasteiger partial charge in [-0.15, -0.1) is 0 Å². The molecule has 8 nitrogen and oxygen atoms in total. The van der Waals surface area contributed by atoms with Crippen LogP contribution in [0.25, 0.3) is 17.2 Å². The minimum absolute atomic E-state index is 0.0484. The number of allylic oxidation sites excluding steroid dienone is 2. The molecule has 0 radical (unpaired) electrons. The summed E-state index contributed by atoms with van der Waals surface area (Å²) < 4.78 is 25.8. The number of pyridine rings is 1. The lowest BCUT2D eigenvalue weighted by Crippen LogP contribution is -2.45. The molecule has 1 N–H and O–H groups in total. The molecule has 2 aliphatic rings. The highest BCUT2D eigenvalue weighted by Gasteiger charge is 2.27. The van der Waals surface area contributed by atoms with Crippen molar-refractivity contribution in [2.45, 2.75) is 24.8 Å². The first-order valence-corrected chi connectivity index (χ1v) is 14.9. The molecule has 0 atom stereocenters. The van der Waals surface area contributed by atoms with Crippen LogP contribution in [0.4, 0.5) is 9.18 Å². The average molecular weight is 603 g/mol. The number of aromatic nitrogens is 1. The third-order valence-electron chi connectivity index (χ3n) is 7.75. The SMILES string of the molecule is COc1cc(C=C2C(C)=C(CC(=O)NCc3cccnc3)c3cc(F)ccc32)cc(OC)c1SC(=O)N1CCN(C)CC1. The van der Waals surface area contributed by atoms with Crippen molar-refractivity contribution < 1.29 is 23.5 Å². The van der Waals surface area contributed by atoms with Gasteiger partial charge in [0.25, 0.3) is 5.24 Å². The molecule has 10 heteroatoms. The molecule has 3 aromatic rings. The second-order valence-electron chi connectivity index (χ2n) is 10.6. The molecule has 0 spiro atoms. The molecule has 1 aromatic heterocycles. The van der Waals surface area contributed by atoms with Crippen molar-refractivity contribution >= 4 is 40.1 Å². The molecular formula is C33H35FN4O4S. The number of methoxy groups -OCH3 is 2. The number of fused-ring (bicyclic) bond motifs is 1. The highest BCUT2D eigenvalue weighted by molar-refractivity contribution is 8.13. The monoisotopic (exact) mass is 602 g/mol. The van der Waals surface area contributed by atoms with E-state index in [-0.39, 0.29) is 23.4 Å². The van der Waals surface area contributed by atoms with Crippen molar-refractivity contribution in [3.63, 3.8) is 0 Å². The molecule has 224 valence electrons. The lowest BCUT2D eigenvalue weighted by molar-refractivity contribution is -0.120. The maximum Gasteiger partial charge on any atom is 0.286 e. The van der Waals surface area contributed by atoms with E-state index in [9.17, 15) is 14.0 Å². The van der Waals surface area contributed by atoms with Gasteiger partial charge >= 0.3 is 0 Å². The van der Waals surface area contributed by atoms with Gasteiger partial charge in [-0.3, -0.25) is 14.6 Å². The Hall–Kier alpha value is -4.15. The number of hydrogen-bond acceptors (Lipinski definition) is 7. The van der Waals surface area contributed by atoms with Gasteiger partial charge in [-0.05, 0) is 101 Å². The molecule has 2 aromatic carbocycles. The first kappa shape index (κ1) is 30.3.